The summed E-state index contributed by atoms with van der Waals surface area (Å²) in [6.07, 6.45) is 0. The van der Waals surface area contributed by atoms with Gasteiger partial charge in [0.1, 0.15) is 5.82 Å². The van der Waals surface area contributed by atoms with E-state index in [4.69, 9.17) is 16.3 Å². The van der Waals surface area contributed by atoms with E-state index in [0.717, 1.165) is 22.6 Å². The maximum Gasteiger partial charge on any atom is 0.224 e. The second-order valence-electron chi connectivity index (χ2n) is 6.16. The molecule has 0 fully saturated rings. The minimum absolute atomic E-state index is 0.0301. The predicted molar refractivity (Wildman–Crippen MR) is 98.6 cm³/mol. The molecule has 0 saturated carbocycles. The Morgan fingerprint density at radius 3 is 2.44 bits per heavy atom. The fourth-order valence-electron chi connectivity index (χ4n) is 3.04. The quantitative estimate of drug-likeness (QED) is 0.694. The molecule has 4 nitrogen and oxygen atoms in total. The Labute approximate surface area is 151 Å². The summed E-state index contributed by atoms with van der Waals surface area (Å²) in [7, 11) is 0. The Morgan fingerprint density at radius 2 is 1.68 bits per heavy atom. The van der Waals surface area contributed by atoms with Crippen LogP contribution in [0.15, 0.2) is 54.6 Å². The number of rotatable bonds is 4. The van der Waals surface area contributed by atoms with Crippen LogP contribution in [0.1, 0.15) is 34.0 Å². The number of aryl methyl sites for hydroxylation is 1. The first-order valence-corrected chi connectivity index (χ1v) is 8.59. The highest BCUT2D eigenvalue weighted by Gasteiger charge is 2.23. The smallest absolute Gasteiger partial charge is 0.224 e. The number of hydrogen-bond donors (Lipinski definition) is 1. The Morgan fingerprint density at radius 1 is 0.960 bits per heavy atom. The van der Waals surface area contributed by atoms with Crippen molar-refractivity contribution in [1.82, 2.24) is 9.97 Å². The number of fused-ring (bicyclic) bond motifs is 1. The monoisotopic (exact) mass is 351 g/mol. The number of benzene rings is 2. The zero-order chi connectivity index (χ0) is 17.2. The van der Waals surface area contributed by atoms with Crippen LogP contribution in [0.25, 0.3) is 0 Å². The summed E-state index contributed by atoms with van der Waals surface area (Å²) in [5.74, 6) is 0.738. The Kier molecular flexibility index (Phi) is 4.38. The van der Waals surface area contributed by atoms with Crippen molar-refractivity contribution in [2.24, 2.45) is 0 Å². The summed E-state index contributed by atoms with van der Waals surface area (Å²) >= 11 is 6.11. The molecule has 0 radical (unpaired) electrons. The lowest BCUT2D eigenvalue weighted by molar-refractivity contribution is 0.133. The highest BCUT2D eigenvalue weighted by atomic mass is 35.5. The number of hydrogen-bond acceptors (Lipinski definition) is 4. The van der Waals surface area contributed by atoms with E-state index in [-0.39, 0.29) is 11.3 Å². The van der Waals surface area contributed by atoms with Gasteiger partial charge < -0.3 is 10.1 Å². The second-order valence-corrected chi connectivity index (χ2v) is 6.50. The summed E-state index contributed by atoms with van der Waals surface area (Å²) in [4.78, 5) is 8.68. The molecule has 1 unspecified atom stereocenters. The highest BCUT2D eigenvalue weighted by molar-refractivity contribution is 6.28. The van der Waals surface area contributed by atoms with Crippen molar-refractivity contribution in [2.75, 3.05) is 5.32 Å². The molecule has 4 rings (SSSR count). The van der Waals surface area contributed by atoms with Crippen molar-refractivity contribution in [2.45, 2.75) is 26.2 Å². The van der Waals surface area contributed by atoms with Crippen molar-refractivity contribution >= 4 is 17.4 Å². The Balaban J connectivity index is 1.76. The maximum absolute atomic E-state index is 6.11. The standard InChI is InChI=1S/C20H18ClN3O/c1-13-7-9-15(10-8-13)18(14-5-3-2-4-6-14)23-19-16-11-25-12-17(16)22-20(21)24-19/h2-10,18H,11-12H2,1H3,(H,22,23,24). The van der Waals surface area contributed by atoms with E-state index < -0.39 is 0 Å². The van der Waals surface area contributed by atoms with Crippen molar-refractivity contribution < 1.29 is 4.74 Å². The molecular weight excluding hydrogens is 334 g/mol. The first-order chi connectivity index (χ1) is 12.2. The topological polar surface area (TPSA) is 47.0 Å². The van der Waals surface area contributed by atoms with Gasteiger partial charge in [0.2, 0.25) is 5.28 Å². The van der Waals surface area contributed by atoms with E-state index in [1.54, 1.807) is 0 Å². The van der Waals surface area contributed by atoms with Gasteiger partial charge in [-0.25, -0.2) is 9.97 Å². The fraction of sp³-hybridized carbons (Fsp3) is 0.200. The van der Waals surface area contributed by atoms with Gasteiger partial charge in [-0.1, -0.05) is 60.2 Å². The van der Waals surface area contributed by atoms with Gasteiger partial charge in [0.15, 0.2) is 0 Å². The molecule has 2 aromatic carbocycles. The summed E-state index contributed by atoms with van der Waals surface area (Å²) in [6.45, 7) is 3.07. The van der Waals surface area contributed by atoms with Gasteiger partial charge in [-0.05, 0) is 29.7 Å². The van der Waals surface area contributed by atoms with Crippen LogP contribution in [-0.2, 0) is 18.0 Å². The molecule has 1 N–H and O–H groups in total. The van der Waals surface area contributed by atoms with E-state index in [1.807, 2.05) is 18.2 Å². The van der Waals surface area contributed by atoms with Gasteiger partial charge in [-0.3, -0.25) is 0 Å². The number of aromatic nitrogens is 2. The van der Waals surface area contributed by atoms with E-state index in [0.29, 0.717) is 13.2 Å². The van der Waals surface area contributed by atoms with Crippen LogP contribution in [0, 0.1) is 6.92 Å². The molecular formula is C20H18ClN3O. The molecule has 1 aliphatic rings. The largest absolute Gasteiger partial charge is 0.370 e. The molecule has 1 aliphatic heterocycles. The van der Waals surface area contributed by atoms with Crippen LogP contribution in [0.5, 0.6) is 0 Å². The number of nitrogens with zero attached hydrogens (tertiary/aromatic N) is 2. The van der Waals surface area contributed by atoms with Crippen molar-refractivity contribution in [1.29, 1.82) is 0 Å². The zero-order valence-corrected chi connectivity index (χ0v) is 14.6. The van der Waals surface area contributed by atoms with Crippen LogP contribution in [0.2, 0.25) is 5.28 Å². The first-order valence-electron chi connectivity index (χ1n) is 8.22. The van der Waals surface area contributed by atoms with E-state index in [1.165, 1.54) is 11.1 Å². The molecule has 126 valence electrons. The van der Waals surface area contributed by atoms with E-state index in [2.05, 4.69) is 58.6 Å². The third kappa shape index (κ3) is 3.36. The number of halogens is 1. The summed E-state index contributed by atoms with van der Waals surface area (Å²) in [6, 6.07) is 18.8. The lowest BCUT2D eigenvalue weighted by Crippen LogP contribution is -2.15. The summed E-state index contributed by atoms with van der Waals surface area (Å²) in [5, 5.41) is 3.80. The Bertz CT molecular complexity index is 881. The zero-order valence-electron chi connectivity index (χ0n) is 13.9. The van der Waals surface area contributed by atoms with E-state index >= 15 is 0 Å². The van der Waals surface area contributed by atoms with Crippen LogP contribution in [0.3, 0.4) is 0 Å². The average molecular weight is 352 g/mol. The summed E-state index contributed by atoms with van der Waals surface area (Å²) < 4.78 is 5.52. The Hall–Kier alpha value is -2.43. The third-order valence-corrected chi connectivity index (χ3v) is 4.54. The van der Waals surface area contributed by atoms with Crippen LogP contribution in [-0.4, -0.2) is 9.97 Å². The molecule has 25 heavy (non-hydrogen) atoms. The molecule has 3 aromatic rings. The molecule has 0 amide bonds. The molecule has 0 saturated heterocycles. The second kappa shape index (κ2) is 6.82. The first kappa shape index (κ1) is 16.1. The van der Waals surface area contributed by atoms with Gasteiger partial charge in [0, 0.05) is 5.56 Å². The number of ether oxygens (including phenoxy) is 1. The average Bonchev–Trinajstić information content (AvgIpc) is 3.09. The minimum atomic E-state index is -0.0301. The van der Waals surface area contributed by atoms with Crippen LogP contribution >= 0.6 is 11.6 Å². The van der Waals surface area contributed by atoms with Crippen molar-refractivity contribution in [3.05, 3.63) is 87.8 Å². The van der Waals surface area contributed by atoms with Gasteiger partial charge in [-0.15, -0.1) is 0 Å². The number of anilines is 1. The molecule has 0 bridgehead atoms. The molecule has 2 heterocycles. The SMILES string of the molecule is Cc1ccc(C(Nc2nc(Cl)nc3c2COC3)c2ccccc2)cc1. The fourth-order valence-corrected chi connectivity index (χ4v) is 3.23. The van der Waals surface area contributed by atoms with Gasteiger partial charge in [-0.2, -0.15) is 0 Å². The molecule has 0 aliphatic carbocycles. The lowest BCUT2D eigenvalue weighted by atomic mass is 9.97. The maximum atomic E-state index is 6.11. The van der Waals surface area contributed by atoms with Gasteiger partial charge >= 0.3 is 0 Å². The molecule has 1 aromatic heterocycles. The van der Waals surface area contributed by atoms with Crippen LogP contribution < -0.4 is 5.32 Å². The predicted octanol–water partition coefficient (Wildman–Crippen LogP) is 4.67. The minimum Gasteiger partial charge on any atom is -0.370 e. The molecule has 0 spiro atoms. The summed E-state index contributed by atoms with van der Waals surface area (Å²) in [5.41, 5.74) is 5.40. The van der Waals surface area contributed by atoms with Crippen molar-refractivity contribution in [3.63, 3.8) is 0 Å². The molecule has 5 heteroatoms. The van der Waals surface area contributed by atoms with Gasteiger partial charge in [0.05, 0.1) is 24.9 Å². The van der Waals surface area contributed by atoms with Crippen molar-refractivity contribution in [3.8, 4) is 0 Å². The van der Waals surface area contributed by atoms with E-state index in [9.17, 15) is 0 Å². The van der Waals surface area contributed by atoms with Gasteiger partial charge in [0.25, 0.3) is 0 Å². The number of nitrogens with one attached hydrogen (secondary N) is 1. The molecule has 1 atom stereocenters. The normalized spacial score (nSPS) is 14.2. The third-order valence-electron chi connectivity index (χ3n) is 4.38. The van der Waals surface area contributed by atoms with Crippen LogP contribution in [0.4, 0.5) is 5.82 Å². The highest BCUT2D eigenvalue weighted by Crippen LogP contribution is 2.31. The lowest BCUT2D eigenvalue weighted by Gasteiger charge is -2.22.